The standard InChI is InChI=1S/C15H18FNO2S/c1-3-13(10-20-2)17-15(19)14-7-6-12(16)9-11(14)5-4-8-18/h6-7,9,13,18H,3,8,10H2,1-2H3,(H,17,19). The van der Waals surface area contributed by atoms with Crippen LogP contribution in [0.25, 0.3) is 0 Å². The van der Waals surface area contributed by atoms with Gasteiger partial charge in [-0.05, 0) is 30.9 Å². The Morgan fingerprint density at radius 1 is 1.55 bits per heavy atom. The maximum Gasteiger partial charge on any atom is 0.252 e. The van der Waals surface area contributed by atoms with Crippen LogP contribution in [0, 0.1) is 17.7 Å². The zero-order valence-electron chi connectivity index (χ0n) is 11.6. The Kier molecular flexibility index (Phi) is 7.13. The smallest absolute Gasteiger partial charge is 0.252 e. The summed E-state index contributed by atoms with van der Waals surface area (Å²) in [5.74, 6) is 5.13. The van der Waals surface area contributed by atoms with Gasteiger partial charge in [0.1, 0.15) is 12.4 Å². The third-order valence-electron chi connectivity index (χ3n) is 2.72. The molecule has 1 atom stereocenters. The first-order chi connectivity index (χ1) is 9.62. The summed E-state index contributed by atoms with van der Waals surface area (Å²) in [5.41, 5.74) is 0.613. The van der Waals surface area contributed by atoms with Crippen molar-refractivity contribution in [3.05, 3.63) is 35.1 Å². The van der Waals surface area contributed by atoms with Crippen molar-refractivity contribution in [3.8, 4) is 11.8 Å². The normalized spacial score (nSPS) is 11.4. The summed E-state index contributed by atoms with van der Waals surface area (Å²) >= 11 is 1.66. The van der Waals surface area contributed by atoms with Gasteiger partial charge in [-0.2, -0.15) is 11.8 Å². The number of amides is 1. The summed E-state index contributed by atoms with van der Waals surface area (Å²) in [4.78, 5) is 12.2. The number of halogens is 1. The topological polar surface area (TPSA) is 49.3 Å². The molecular weight excluding hydrogens is 277 g/mol. The van der Waals surface area contributed by atoms with Gasteiger partial charge in [0.15, 0.2) is 0 Å². The maximum absolute atomic E-state index is 13.2. The van der Waals surface area contributed by atoms with Crippen LogP contribution in [0.15, 0.2) is 18.2 Å². The van der Waals surface area contributed by atoms with E-state index in [9.17, 15) is 9.18 Å². The van der Waals surface area contributed by atoms with E-state index in [1.807, 2.05) is 13.2 Å². The molecule has 0 aliphatic heterocycles. The second-order valence-electron chi connectivity index (χ2n) is 4.18. The molecule has 20 heavy (non-hydrogen) atoms. The number of hydrogen-bond donors (Lipinski definition) is 2. The predicted octanol–water partition coefficient (Wildman–Crippen LogP) is 2.04. The monoisotopic (exact) mass is 295 g/mol. The van der Waals surface area contributed by atoms with Gasteiger partial charge in [-0.15, -0.1) is 0 Å². The van der Waals surface area contributed by atoms with E-state index >= 15 is 0 Å². The van der Waals surface area contributed by atoms with Gasteiger partial charge >= 0.3 is 0 Å². The fourth-order valence-corrected chi connectivity index (χ4v) is 2.40. The molecule has 2 N–H and O–H groups in total. The molecule has 108 valence electrons. The van der Waals surface area contributed by atoms with Gasteiger partial charge < -0.3 is 10.4 Å². The Balaban J connectivity index is 2.97. The van der Waals surface area contributed by atoms with Crippen LogP contribution in [0.1, 0.15) is 29.3 Å². The van der Waals surface area contributed by atoms with E-state index in [-0.39, 0.29) is 24.1 Å². The predicted molar refractivity (Wildman–Crippen MR) is 80.3 cm³/mol. The minimum atomic E-state index is -0.458. The summed E-state index contributed by atoms with van der Waals surface area (Å²) < 4.78 is 13.2. The molecule has 0 aliphatic rings. The van der Waals surface area contributed by atoms with Crippen molar-refractivity contribution in [2.45, 2.75) is 19.4 Å². The summed E-state index contributed by atoms with van der Waals surface area (Å²) in [7, 11) is 0. The zero-order chi connectivity index (χ0) is 15.0. The minimum Gasteiger partial charge on any atom is -0.384 e. The minimum absolute atomic E-state index is 0.0706. The van der Waals surface area contributed by atoms with Gasteiger partial charge in [-0.25, -0.2) is 4.39 Å². The van der Waals surface area contributed by atoms with E-state index in [0.29, 0.717) is 5.56 Å². The molecule has 3 nitrogen and oxygen atoms in total. The number of carbonyl (C=O) groups excluding carboxylic acids is 1. The third-order valence-corrected chi connectivity index (χ3v) is 3.46. The molecule has 1 unspecified atom stereocenters. The molecule has 0 heterocycles. The fraction of sp³-hybridized carbons (Fsp3) is 0.400. The van der Waals surface area contributed by atoms with Crippen molar-refractivity contribution in [1.82, 2.24) is 5.32 Å². The molecule has 1 amide bonds. The molecule has 1 rings (SSSR count). The third kappa shape index (κ3) is 4.87. The number of rotatable bonds is 5. The van der Waals surface area contributed by atoms with Crippen molar-refractivity contribution in [2.75, 3.05) is 18.6 Å². The summed E-state index contributed by atoms with van der Waals surface area (Å²) in [6, 6.07) is 3.92. The highest BCUT2D eigenvalue weighted by molar-refractivity contribution is 7.98. The van der Waals surface area contributed by atoms with Gasteiger partial charge in [0, 0.05) is 17.4 Å². The lowest BCUT2D eigenvalue weighted by Crippen LogP contribution is -2.36. The van der Waals surface area contributed by atoms with Gasteiger partial charge in [-0.3, -0.25) is 4.79 Å². The molecule has 0 bridgehead atoms. The van der Waals surface area contributed by atoms with E-state index in [0.717, 1.165) is 12.2 Å². The number of carbonyl (C=O) groups is 1. The van der Waals surface area contributed by atoms with E-state index in [4.69, 9.17) is 5.11 Å². The van der Waals surface area contributed by atoms with Crippen LogP contribution < -0.4 is 5.32 Å². The van der Waals surface area contributed by atoms with E-state index in [2.05, 4.69) is 17.2 Å². The molecule has 0 aromatic heterocycles. The van der Waals surface area contributed by atoms with Crippen molar-refractivity contribution in [2.24, 2.45) is 0 Å². The highest BCUT2D eigenvalue weighted by atomic mass is 32.2. The molecule has 0 aliphatic carbocycles. The van der Waals surface area contributed by atoms with Crippen LogP contribution >= 0.6 is 11.8 Å². The number of aliphatic hydroxyl groups excluding tert-OH is 1. The summed E-state index contributed by atoms with van der Waals surface area (Å²) in [5, 5.41) is 11.6. The molecule has 0 fully saturated rings. The molecule has 1 aromatic carbocycles. The van der Waals surface area contributed by atoms with Gasteiger partial charge in [-0.1, -0.05) is 18.8 Å². The highest BCUT2D eigenvalue weighted by Gasteiger charge is 2.15. The van der Waals surface area contributed by atoms with Gasteiger partial charge in [0.25, 0.3) is 5.91 Å². The van der Waals surface area contributed by atoms with Gasteiger partial charge in [0.2, 0.25) is 0 Å². The molecule has 0 saturated carbocycles. The van der Waals surface area contributed by atoms with Crippen LogP contribution in [0.5, 0.6) is 0 Å². The molecule has 0 spiro atoms. The second kappa shape index (κ2) is 8.62. The Hall–Kier alpha value is -1.51. The molecule has 0 radical (unpaired) electrons. The molecule has 5 heteroatoms. The van der Waals surface area contributed by atoms with Crippen LogP contribution in [0.2, 0.25) is 0 Å². The van der Waals surface area contributed by atoms with Crippen molar-refractivity contribution >= 4 is 17.7 Å². The van der Waals surface area contributed by atoms with E-state index in [1.165, 1.54) is 18.2 Å². The van der Waals surface area contributed by atoms with Crippen molar-refractivity contribution in [3.63, 3.8) is 0 Å². The Morgan fingerprint density at radius 3 is 2.90 bits per heavy atom. The number of thioether (sulfide) groups is 1. The first kappa shape index (κ1) is 16.5. The zero-order valence-corrected chi connectivity index (χ0v) is 12.4. The lowest BCUT2D eigenvalue weighted by molar-refractivity contribution is 0.0939. The Bertz CT molecular complexity index is 522. The SMILES string of the molecule is CCC(CSC)NC(=O)c1ccc(F)cc1C#CCO. The number of nitrogens with one attached hydrogen (secondary N) is 1. The average Bonchev–Trinajstić information content (AvgIpc) is 2.44. The Morgan fingerprint density at radius 2 is 2.30 bits per heavy atom. The quantitative estimate of drug-likeness (QED) is 0.817. The molecule has 0 saturated heterocycles. The first-order valence-electron chi connectivity index (χ1n) is 6.31. The number of aliphatic hydroxyl groups is 1. The van der Waals surface area contributed by atoms with Crippen LogP contribution in [-0.4, -0.2) is 35.7 Å². The van der Waals surface area contributed by atoms with Crippen LogP contribution in [-0.2, 0) is 0 Å². The summed E-state index contributed by atoms with van der Waals surface area (Å²) in [6.45, 7) is 1.67. The molecule has 1 aromatic rings. The summed E-state index contributed by atoms with van der Waals surface area (Å²) in [6.07, 6.45) is 2.80. The van der Waals surface area contributed by atoms with E-state index in [1.54, 1.807) is 11.8 Å². The first-order valence-corrected chi connectivity index (χ1v) is 7.70. The van der Waals surface area contributed by atoms with E-state index < -0.39 is 5.82 Å². The largest absolute Gasteiger partial charge is 0.384 e. The highest BCUT2D eigenvalue weighted by Crippen LogP contribution is 2.11. The Labute approximate surface area is 123 Å². The number of benzene rings is 1. The molecular formula is C15H18FNO2S. The number of hydrogen-bond acceptors (Lipinski definition) is 3. The fourth-order valence-electron chi connectivity index (χ4n) is 1.68. The van der Waals surface area contributed by atoms with Gasteiger partial charge in [0.05, 0.1) is 5.56 Å². The van der Waals surface area contributed by atoms with Crippen LogP contribution in [0.3, 0.4) is 0 Å². The van der Waals surface area contributed by atoms with Crippen LogP contribution in [0.4, 0.5) is 4.39 Å². The maximum atomic E-state index is 13.2. The lowest BCUT2D eigenvalue weighted by Gasteiger charge is -2.16. The van der Waals surface area contributed by atoms with Crippen molar-refractivity contribution < 1.29 is 14.3 Å². The average molecular weight is 295 g/mol. The second-order valence-corrected chi connectivity index (χ2v) is 5.09. The van der Waals surface area contributed by atoms with Crippen molar-refractivity contribution in [1.29, 1.82) is 0 Å². The lowest BCUT2D eigenvalue weighted by atomic mass is 10.1.